The monoisotopic (exact) mass is 315 g/mol. The van der Waals surface area contributed by atoms with E-state index in [2.05, 4.69) is 6.07 Å². The third-order valence-corrected chi connectivity index (χ3v) is 4.87. The summed E-state index contributed by atoms with van der Waals surface area (Å²) in [5.41, 5.74) is 0.639. The minimum absolute atomic E-state index is 0.0358. The highest BCUT2D eigenvalue weighted by atomic mass is 16.3. The number of hydrogen-bond donors (Lipinski definition) is 1. The lowest BCUT2D eigenvalue weighted by Gasteiger charge is -2.36. The van der Waals surface area contributed by atoms with E-state index in [0.717, 1.165) is 21.9 Å². The van der Waals surface area contributed by atoms with Gasteiger partial charge in [-0.3, -0.25) is 0 Å². The van der Waals surface area contributed by atoms with Crippen LogP contribution >= 0.6 is 0 Å². The molecule has 0 aromatic heterocycles. The molecule has 0 saturated carbocycles. The van der Waals surface area contributed by atoms with Crippen LogP contribution in [0.3, 0.4) is 0 Å². The average molecular weight is 315 g/mol. The first kappa shape index (κ1) is 16.2. The Kier molecular flexibility index (Phi) is 4.38. The summed E-state index contributed by atoms with van der Waals surface area (Å²) in [4.78, 5) is 0. The predicted octanol–water partition coefficient (Wildman–Crippen LogP) is 4.99. The van der Waals surface area contributed by atoms with Crippen LogP contribution in [-0.4, -0.2) is 5.11 Å². The fourth-order valence-electron chi connectivity index (χ4n) is 3.42. The van der Waals surface area contributed by atoms with Crippen LogP contribution in [0.25, 0.3) is 10.8 Å². The van der Waals surface area contributed by atoms with Crippen LogP contribution in [0.2, 0.25) is 0 Å². The van der Waals surface area contributed by atoms with E-state index in [4.69, 9.17) is 0 Å². The zero-order valence-electron chi connectivity index (χ0n) is 14.0. The molecule has 0 radical (unpaired) electrons. The molecule has 2 heteroatoms. The summed E-state index contributed by atoms with van der Waals surface area (Å²) in [6.45, 7) is 3.97. The summed E-state index contributed by atoms with van der Waals surface area (Å²) >= 11 is 0. The van der Waals surface area contributed by atoms with Gasteiger partial charge in [-0.2, -0.15) is 5.26 Å². The largest absolute Gasteiger partial charge is 0.386 e. The molecule has 0 heterocycles. The van der Waals surface area contributed by atoms with Crippen molar-refractivity contribution in [3.63, 3.8) is 0 Å². The standard InChI is InChI=1S/C22H21NO/c1-16(2)22(15-23,20-10-4-3-5-11-20)21(24)19-13-12-17-8-6-7-9-18(17)14-19/h3-14,16,21,24H,1-2H3/t21-,22+/m0/s1. The van der Waals surface area contributed by atoms with Gasteiger partial charge in [0.05, 0.1) is 6.07 Å². The molecular weight excluding hydrogens is 294 g/mol. The second-order valence-corrected chi connectivity index (χ2v) is 6.51. The van der Waals surface area contributed by atoms with Crippen molar-refractivity contribution >= 4 is 10.8 Å². The molecule has 3 aromatic rings. The molecule has 3 rings (SSSR count). The number of nitrogens with zero attached hydrogens (tertiary/aromatic N) is 1. The molecule has 120 valence electrons. The summed E-state index contributed by atoms with van der Waals surface area (Å²) in [6.07, 6.45) is -0.894. The van der Waals surface area contributed by atoms with Crippen LogP contribution in [0.5, 0.6) is 0 Å². The molecule has 3 aromatic carbocycles. The zero-order chi connectivity index (χ0) is 17.2. The van der Waals surface area contributed by atoms with E-state index >= 15 is 0 Å². The maximum Gasteiger partial charge on any atom is 0.114 e. The molecule has 2 nitrogen and oxygen atoms in total. The molecule has 0 amide bonds. The van der Waals surface area contributed by atoms with Gasteiger partial charge in [0.25, 0.3) is 0 Å². The lowest BCUT2D eigenvalue weighted by atomic mass is 9.67. The van der Waals surface area contributed by atoms with Crippen molar-refractivity contribution in [1.29, 1.82) is 5.26 Å². The molecule has 0 bridgehead atoms. The molecule has 1 N–H and O–H groups in total. The first-order chi connectivity index (χ1) is 11.6. The van der Waals surface area contributed by atoms with E-state index in [1.165, 1.54) is 0 Å². The van der Waals surface area contributed by atoms with Gasteiger partial charge in [-0.25, -0.2) is 0 Å². The minimum atomic E-state index is -0.982. The van der Waals surface area contributed by atoms with Crippen molar-refractivity contribution in [2.75, 3.05) is 0 Å². The summed E-state index contributed by atoms with van der Waals surface area (Å²) in [5.74, 6) is -0.0358. The molecule has 0 aliphatic rings. The van der Waals surface area contributed by atoms with E-state index in [9.17, 15) is 10.4 Å². The quantitative estimate of drug-likeness (QED) is 0.737. The third kappa shape index (κ3) is 2.58. The van der Waals surface area contributed by atoms with Crippen molar-refractivity contribution in [2.45, 2.75) is 25.4 Å². The summed E-state index contributed by atoms with van der Waals surface area (Å²) in [5, 5.41) is 23.4. The van der Waals surface area contributed by atoms with E-state index in [1.54, 1.807) is 0 Å². The molecule has 0 spiro atoms. The Balaban J connectivity index is 2.15. The Bertz CT molecular complexity index is 879. The first-order valence-electron chi connectivity index (χ1n) is 8.23. The summed E-state index contributed by atoms with van der Waals surface area (Å²) in [6, 6.07) is 26.0. The SMILES string of the molecule is CC(C)[C@](C#N)(c1ccccc1)[C@@H](O)c1ccc2ccccc2c1. The number of aliphatic hydroxyl groups excluding tert-OH is 1. The number of fused-ring (bicyclic) bond motifs is 1. The van der Waals surface area contributed by atoms with Gasteiger partial charge in [0.2, 0.25) is 0 Å². The van der Waals surface area contributed by atoms with Gasteiger partial charge in [0, 0.05) is 0 Å². The fraction of sp³-hybridized carbons (Fsp3) is 0.227. The number of rotatable bonds is 4. The minimum Gasteiger partial charge on any atom is -0.386 e. The second-order valence-electron chi connectivity index (χ2n) is 6.51. The lowest BCUT2D eigenvalue weighted by Crippen LogP contribution is -2.37. The predicted molar refractivity (Wildman–Crippen MR) is 97.5 cm³/mol. The topological polar surface area (TPSA) is 44.0 Å². The zero-order valence-corrected chi connectivity index (χ0v) is 14.0. The second kappa shape index (κ2) is 6.47. The van der Waals surface area contributed by atoms with Gasteiger partial charge in [0.1, 0.15) is 11.5 Å². The summed E-state index contributed by atoms with van der Waals surface area (Å²) < 4.78 is 0. The summed E-state index contributed by atoms with van der Waals surface area (Å²) in [7, 11) is 0. The Morgan fingerprint density at radius 2 is 1.50 bits per heavy atom. The Labute approximate surface area is 143 Å². The van der Waals surface area contributed by atoms with Gasteiger partial charge in [-0.1, -0.05) is 80.6 Å². The maximum atomic E-state index is 11.2. The van der Waals surface area contributed by atoms with Gasteiger partial charge in [-0.15, -0.1) is 0 Å². The highest BCUT2D eigenvalue weighted by Gasteiger charge is 2.43. The van der Waals surface area contributed by atoms with Gasteiger partial charge < -0.3 is 5.11 Å². The molecule has 24 heavy (non-hydrogen) atoms. The van der Waals surface area contributed by atoms with E-state index < -0.39 is 11.5 Å². The van der Waals surface area contributed by atoms with Gasteiger partial charge in [0.15, 0.2) is 0 Å². The van der Waals surface area contributed by atoms with Crippen LogP contribution in [0, 0.1) is 17.2 Å². The van der Waals surface area contributed by atoms with Crippen molar-refractivity contribution < 1.29 is 5.11 Å². The van der Waals surface area contributed by atoms with E-state index in [0.29, 0.717) is 0 Å². The average Bonchev–Trinajstić information content (AvgIpc) is 2.63. The molecule has 0 fully saturated rings. The number of hydrogen-bond acceptors (Lipinski definition) is 2. The first-order valence-corrected chi connectivity index (χ1v) is 8.23. The molecule has 0 aliphatic heterocycles. The maximum absolute atomic E-state index is 11.2. The third-order valence-electron chi connectivity index (χ3n) is 4.87. The fourth-order valence-corrected chi connectivity index (χ4v) is 3.42. The number of aliphatic hydroxyl groups is 1. The highest BCUT2D eigenvalue weighted by Crippen LogP contribution is 2.43. The van der Waals surface area contributed by atoms with Crippen LogP contribution in [0.4, 0.5) is 0 Å². The van der Waals surface area contributed by atoms with Crippen LogP contribution < -0.4 is 0 Å². The molecule has 0 saturated heterocycles. The van der Waals surface area contributed by atoms with E-state index in [-0.39, 0.29) is 5.92 Å². The van der Waals surface area contributed by atoms with Gasteiger partial charge in [-0.05, 0) is 33.9 Å². The van der Waals surface area contributed by atoms with E-state index in [1.807, 2.05) is 86.6 Å². The number of benzene rings is 3. The molecular formula is C22H21NO. The van der Waals surface area contributed by atoms with Crippen LogP contribution in [0.1, 0.15) is 31.1 Å². The Hall–Kier alpha value is -2.63. The van der Waals surface area contributed by atoms with Crippen LogP contribution in [0.15, 0.2) is 72.8 Å². The molecule has 0 aliphatic carbocycles. The Morgan fingerprint density at radius 3 is 2.12 bits per heavy atom. The van der Waals surface area contributed by atoms with Crippen molar-refractivity contribution in [3.05, 3.63) is 83.9 Å². The van der Waals surface area contributed by atoms with Crippen LogP contribution in [-0.2, 0) is 5.41 Å². The smallest absolute Gasteiger partial charge is 0.114 e. The van der Waals surface area contributed by atoms with Crippen molar-refractivity contribution in [3.8, 4) is 6.07 Å². The van der Waals surface area contributed by atoms with Crippen molar-refractivity contribution in [1.82, 2.24) is 0 Å². The highest BCUT2D eigenvalue weighted by molar-refractivity contribution is 5.83. The Morgan fingerprint density at radius 1 is 0.875 bits per heavy atom. The van der Waals surface area contributed by atoms with Crippen molar-refractivity contribution in [2.24, 2.45) is 5.92 Å². The molecule has 0 unspecified atom stereocenters. The lowest BCUT2D eigenvalue weighted by molar-refractivity contribution is 0.0835. The normalized spacial score (nSPS) is 15.0. The number of nitriles is 1. The van der Waals surface area contributed by atoms with Gasteiger partial charge >= 0.3 is 0 Å². The molecule has 2 atom stereocenters.